The lowest BCUT2D eigenvalue weighted by Crippen LogP contribution is -2.32. The average Bonchev–Trinajstić information content (AvgIpc) is 2.78. The first-order chi connectivity index (χ1) is 8.67. The zero-order valence-electron chi connectivity index (χ0n) is 10.8. The molecule has 0 saturated carbocycles. The van der Waals surface area contributed by atoms with Crippen LogP contribution in [0.5, 0.6) is 0 Å². The maximum Gasteiger partial charge on any atom is 0.252 e. The van der Waals surface area contributed by atoms with Crippen LogP contribution in [-0.4, -0.2) is 23.7 Å². The van der Waals surface area contributed by atoms with Gasteiger partial charge in [0, 0.05) is 17.8 Å². The molecule has 3 nitrogen and oxygen atoms in total. The third-order valence-electron chi connectivity index (χ3n) is 2.41. The van der Waals surface area contributed by atoms with Gasteiger partial charge in [0.2, 0.25) is 0 Å². The number of amides is 1. The van der Waals surface area contributed by atoms with Gasteiger partial charge in [0.15, 0.2) is 0 Å². The molecule has 1 heterocycles. The van der Waals surface area contributed by atoms with E-state index < -0.39 is 0 Å². The van der Waals surface area contributed by atoms with Crippen molar-refractivity contribution in [1.29, 1.82) is 0 Å². The van der Waals surface area contributed by atoms with Crippen LogP contribution in [0.4, 0.5) is 0 Å². The van der Waals surface area contributed by atoms with E-state index in [1.54, 1.807) is 6.07 Å². The summed E-state index contributed by atoms with van der Waals surface area (Å²) in [6.45, 7) is 4.18. The molecule has 0 spiro atoms. The normalized spacial score (nSPS) is 11.5. The van der Waals surface area contributed by atoms with Crippen molar-refractivity contribution < 1.29 is 9.90 Å². The molecule has 1 aromatic rings. The largest absolute Gasteiger partial charge is 0.395 e. The van der Waals surface area contributed by atoms with Crippen LogP contribution in [0, 0.1) is 11.8 Å². The Balaban J connectivity index is 2.57. The van der Waals surface area contributed by atoms with Gasteiger partial charge >= 0.3 is 0 Å². The first-order valence-electron chi connectivity index (χ1n) is 6.16. The van der Waals surface area contributed by atoms with Crippen molar-refractivity contribution in [3.05, 3.63) is 21.9 Å². The molecular weight excluding hydrogens is 246 g/mol. The smallest absolute Gasteiger partial charge is 0.252 e. The van der Waals surface area contributed by atoms with Gasteiger partial charge in [-0.25, -0.2) is 0 Å². The second-order valence-corrected chi connectivity index (χ2v) is 5.05. The topological polar surface area (TPSA) is 49.3 Å². The number of nitrogens with one attached hydrogen (secondary N) is 1. The molecule has 0 aliphatic rings. The lowest BCUT2D eigenvalue weighted by Gasteiger charge is -2.11. The van der Waals surface area contributed by atoms with Gasteiger partial charge in [-0.2, -0.15) is 0 Å². The molecule has 0 radical (unpaired) electrons. The first-order valence-corrected chi connectivity index (χ1v) is 7.04. The number of carbonyl (C=O) groups is 1. The summed E-state index contributed by atoms with van der Waals surface area (Å²) in [7, 11) is 0. The summed E-state index contributed by atoms with van der Waals surface area (Å²) < 4.78 is 0. The monoisotopic (exact) mass is 265 g/mol. The summed E-state index contributed by atoms with van der Waals surface area (Å²) in [6.07, 6.45) is 2.51. The third kappa shape index (κ3) is 4.91. The van der Waals surface area contributed by atoms with Gasteiger partial charge in [0.25, 0.3) is 5.91 Å². The summed E-state index contributed by atoms with van der Waals surface area (Å²) in [4.78, 5) is 12.7. The van der Waals surface area contributed by atoms with Crippen molar-refractivity contribution in [3.8, 4) is 11.8 Å². The van der Waals surface area contributed by atoms with Crippen LogP contribution in [0.2, 0.25) is 0 Å². The summed E-state index contributed by atoms with van der Waals surface area (Å²) in [5, 5.41) is 13.4. The second kappa shape index (κ2) is 7.91. The molecule has 0 aliphatic carbocycles. The predicted molar refractivity (Wildman–Crippen MR) is 74.7 cm³/mol. The molecule has 1 atom stereocenters. The van der Waals surface area contributed by atoms with Crippen LogP contribution in [-0.2, 0) is 0 Å². The lowest BCUT2D eigenvalue weighted by atomic mass is 10.2. The maximum atomic E-state index is 11.9. The average molecular weight is 265 g/mol. The molecular formula is C14H19NO2S. The minimum absolute atomic E-state index is 0.0394. The SMILES string of the molecule is CCCC(C)NC(=O)c1csc(C#CCCO)c1. The standard InChI is InChI=1S/C14H19NO2S/c1-3-6-11(2)15-14(17)12-9-13(18-10-12)7-4-5-8-16/h9-11,16H,3,5-6,8H2,1-2H3,(H,15,17). The van der Waals surface area contributed by atoms with E-state index in [0.29, 0.717) is 12.0 Å². The van der Waals surface area contributed by atoms with Crippen molar-refractivity contribution >= 4 is 17.2 Å². The Labute approximate surface area is 112 Å². The molecule has 0 aliphatic heterocycles. The molecule has 2 N–H and O–H groups in total. The quantitative estimate of drug-likeness (QED) is 0.803. The molecule has 1 amide bonds. The fourth-order valence-electron chi connectivity index (χ4n) is 1.54. The Bertz CT molecular complexity index is 442. The van der Waals surface area contributed by atoms with Crippen LogP contribution < -0.4 is 5.32 Å². The Morgan fingerprint density at radius 1 is 1.61 bits per heavy atom. The molecule has 1 unspecified atom stereocenters. The van der Waals surface area contributed by atoms with Gasteiger partial charge in [0.1, 0.15) is 0 Å². The van der Waals surface area contributed by atoms with Gasteiger partial charge in [-0.15, -0.1) is 11.3 Å². The molecule has 1 aromatic heterocycles. The molecule has 0 bridgehead atoms. The molecule has 0 saturated heterocycles. The van der Waals surface area contributed by atoms with Gasteiger partial charge in [-0.3, -0.25) is 4.79 Å². The Morgan fingerprint density at radius 2 is 2.39 bits per heavy atom. The zero-order chi connectivity index (χ0) is 13.4. The van der Waals surface area contributed by atoms with Crippen molar-refractivity contribution in [3.63, 3.8) is 0 Å². The summed E-state index contributed by atoms with van der Waals surface area (Å²) in [6, 6.07) is 1.99. The number of rotatable bonds is 5. The summed E-state index contributed by atoms with van der Waals surface area (Å²) in [5.41, 5.74) is 0.663. The Kier molecular flexibility index (Phi) is 6.48. The lowest BCUT2D eigenvalue weighted by molar-refractivity contribution is 0.0939. The highest BCUT2D eigenvalue weighted by atomic mass is 32.1. The Hall–Kier alpha value is -1.31. The first kappa shape index (κ1) is 14.7. The summed E-state index contributed by atoms with van der Waals surface area (Å²) >= 11 is 1.45. The molecule has 4 heteroatoms. The highest BCUT2D eigenvalue weighted by molar-refractivity contribution is 7.10. The number of thiophene rings is 1. The van der Waals surface area contributed by atoms with Crippen molar-refractivity contribution in [2.24, 2.45) is 0 Å². The molecule has 1 rings (SSSR count). The van der Waals surface area contributed by atoms with E-state index >= 15 is 0 Å². The van der Waals surface area contributed by atoms with Gasteiger partial charge in [-0.1, -0.05) is 25.2 Å². The molecule has 18 heavy (non-hydrogen) atoms. The number of carbonyl (C=O) groups excluding carboxylic acids is 1. The van der Waals surface area contributed by atoms with E-state index in [2.05, 4.69) is 24.1 Å². The van der Waals surface area contributed by atoms with E-state index in [9.17, 15) is 4.79 Å². The number of aliphatic hydroxyl groups is 1. The molecule has 0 aromatic carbocycles. The van der Waals surface area contributed by atoms with Crippen molar-refractivity contribution in [2.75, 3.05) is 6.61 Å². The second-order valence-electron chi connectivity index (χ2n) is 4.14. The van der Waals surface area contributed by atoms with E-state index in [-0.39, 0.29) is 18.6 Å². The molecule has 0 fully saturated rings. The van der Waals surface area contributed by atoms with Gasteiger partial charge in [0.05, 0.1) is 17.0 Å². The van der Waals surface area contributed by atoms with E-state index in [1.165, 1.54) is 11.3 Å². The maximum absolute atomic E-state index is 11.9. The minimum atomic E-state index is -0.0394. The number of hydrogen-bond donors (Lipinski definition) is 2. The van der Waals surface area contributed by atoms with Crippen LogP contribution in [0.15, 0.2) is 11.4 Å². The van der Waals surface area contributed by atoms with Crippen LogP contribution in [0.25, 0.3) is 0 Å². The highest BCUT2D eigenvalue weighted by Gasteiger charge is 2.10. The fraction of sp³-hybridized carbons (Fsp3) is 0.500. The van der Waals surface area contributed by atoms with Gasteiger partial charge in [-0.05, 0) is 19.4 Å². The minimum Gasteiger partial charge on any atom is -0.395 e. The van der Waals surface area contributed by atoms with E-state index in [1.807, 2.05) is 12.3 Å². The third-order valence-corrected chi connectivity index (χ3v) is 3.25. The fourth-order valence-corrected chi connectivity index (χ4v) is 2.29. The van der Waals surface area contributed by atoms with E-state index in [4.69, 9.17) is 5.11 Å². The van der Waals surface area contributed by atoms with Crippen LogP contribution >= 0.6 is 11.3 Å². The van der Waals surface area contributed by atoms with Gasteiger partial charge < -0.3 is 10.4 Å². The number of hydrogen-bond acceptors (Lipinski definition) is 3. The van der Waals surface area contributed by atoms with Crippen molar-refractivity contribution in [2.45, 2.75) is 39.2 Å². The van der Waals surface area contributed by atoms with E-state index in [0.717, 1.165) is 17.7 Å². The Morgan fingerprint density at radius 3 is 3.06 bits per heavy atom. The van der Waals surface area contributed by atoms with Crippen LogP contribution in [0.1, 0.15) is 48.3 Å². The number of aliphatic hydroxyl groups excluding tert-OH is 1. The molecule has 98 valence electrons. The van der Waals surface area contributed by atoms with Crippen LogP contribution in [0.3, 0.4) is 0 Å². The summed E-state index contributed by atoms with van der Waals surface area (Å²) in [5.74, 6) is 5.73. The zero-order valence-corrected chi connectivity index (χ0v) is 11.6. The highest BCUT2D eigenvalue weighted by Crippen LogP contribution is 2.13. The predicted octanol–water partition coefficient (Wildman–Crippen LogP) is 2.40. The van der Waals surface area contributed by atoms with Crippen molar-refractivity contribution in [1.82, 2.24) is 5.32 Å².